The van der Waals surface area contributed by atoms with Crippen LogP contribution in [-0.2, 0) is 6.54 Å². The molecule has 5 rings (SSSR count). The van der Waals surface area contributed by atoms with Gasteiger partial charge >= 0.3 is 0 Å². The standard InChI is InChI=1S/C21H26N6/c22-16-8-6-14(7-9-16)13-27-20-18(12-23-21(25-20)24-17-10-11-17)19(26-27)15-4-2-1-3-5-15/h1-5,12,14,16-17H,6-11,13,22H2,(H,23,24,25). The molecule has 6 nitrogen and oxygen atoms in total. The van der Waals surface area contributed by atoms with E-state index in [1.165, 1.54) is 25.7 Å². The van der Waals surface area contributed by atoms with Crippen molar-refractivity contribution in [3.8, 4) is 11.3 Å². The molecular formula is C21H26N6. The highest BCUT2D eigenvalue weighted by Crippen LogP contribution is 2.31. The van der Waals surface area contributed by atoms with Crippen molar-refractivity contribution >= 4 is 17.0 Å². The van der Waals surface area contributed by atoms with Gasteiger partial charge in [0.05, 0.1) is 5.39 Å². The number of nitrogens with two attached hydrogens (primary N) is 1. The number of hydrogen-bond donors (Lipinski definition) is 2. The van der Waals surface area contributed by atoms with Gasteiger partial charge in [-0.25, -0.2) is 9.67 Å². The SMILES string of the molecule is NC1CCC(Cn2nc(-c3ccccc3)c3cnc(NC4CC4)nc32)CC1. The Morgan fingerprint density at radius 2 is 1.81 bits per heavy atom. The third kappa shape index (κ3) is 3.54. The minimum Gasteiger partial charge on any atom is -0.351 e. The molecule has 3 aromatic rings. The van der Waals surface area contributed by atoms with Crippen LogP contribution in [0.4, 0.5) is 5.95 Å². The van der Waals surface area contributed by atoms with Gasteiger partial charge in [0.1, 0.15) is 5.69 Å². The zero-order valence-electron chi connectivity index (χ0n) is 15.5. The van der Waals surface area contributed by atoms with Gasteiger partial charge in [-0.1, -0.05) is 30.3 Å². The lowest BCUT2D eigenvalue weighted by Gasteiger charge is -2.25. The fraction of sp³-hybridized carbons (Fsp3) is 0.476. The molecule has 0 radical (unpaired) electrons. The summed E-state index contributed by atoms with van der Waals surface area (Å²) in [7, 11) is 0. The Labute approximate surface area is 159 Å². The van der Waals surface area contributed by atoms with E-state index in [0.29, 0.717) is 18.0 Å². The van der Waals surface area contributed by atoms with Crippen LogP contribution in [0.5, 0.6) is 0 Å². The molecule has 2 aliphatic carbocycles. The van der Waals surface area contributed by atoms with Crippen LogP contribution in [0.3, 0.4) is 0 Å². The summed E-state index contributed by atoms with van der Waals surface area (Å²) in [6.45, 7) is 0.899. The zero-order valence-corrected chi connectivity index (χ0v) is 15.5. The molecular weight excluding hydrogens is 336 g/mol. The average Bonchev–Trinajstić information content (AvgIpc) is 3.45. The third-order valence-corrected chi connectivity index (χ3v) is 5.77. The molecule has 3 N–H and O–H groups in total. The highest BCUT2D eigenvalue weighted by Gasteiger charge is 2.24. The Morgan fingerprint density at radius 3 is 2.56 bits per heavy atom. The number of nitrogens with zero attached hydrogens (tertiary/aromatic N) is 4. The molecule has 0 spiro atoms. The fourth-order valence-electron chi connectivity index (χ4n) is 3.99. The molecule has 2 saturated carbocycles. The van der Waals surface area contributed by atoms with Crippen LogP contribution in [0.2, 0.25) is 0 Å². The molecule has 0 bridgehead atoms. The summed E-state index contributed by atoms with van der Waals surface area (Å²) in [4.78, 5) is 9.39. The molecule has 2 aromatic heterocycles. The molecule has 0 unspecified atom stereocenters. The smallest absolute Gasteiger partial charge is 0.224 e. The normalized spacial score (nSPS) is 22.9. The van der Waals surface area contributed by atoms with Crippen LogP contribution in [0.1, 0.15) is 38.5 Å². The molecule has 140 valence electrons. The zero-order chi connectivity index (χ0) is 18.2. The molecule has 2 aliphatic rings. The molecule has 0 amide bonds. The van der Waals surface area contributed by atoms with Crippen molar-refractivity contribution in [2.75, 3.05) is 5.32 Å². The van der Waals surface area contributed by atoms with Crippen molar-refractivity contribution in [2.24, 2.45) is 11.7 Å². The van der Waals surface area contributed by atoms with Crippen molar-refractivity contribution in [1.82, 2.24) is 19.7 Å². The van der Waals surface area contributed by atoms with Gasteiger partial charge in [0.15, 0.2) is 5.65 Å². The number of rotatable bonds is 5. The number of benzene rings is 1. The number of nitrogens with one attached hydrogen (secondary N) is 1. The van der Waals surface area contributed by atoms with Crippen LogP contribution < -0.4 is 11.1 Å². The van der Waals surface area contributed by atoms with Gasteiger partial charge in [0, 0.05) is 30.4 Å². The Bertz CT molecular complexity index is 922. The van der Waals surface area contributed by atoms with Crippen LogP contribution in [0.25, 0.3) is 22.3 Å². The number of anilines is 1. The van der Waals surface area contributed by atoms with E-state index in [1.54, 1.807) is 0 Å². The monoisotopic (exact) mass is 362 g/mol. The van der Waals surface area contributed by atoms with Gasteiger partial charge in [-0.3, -0.25) is 0 Å². The van der Waals surface area contributed by atoms with E-state index in [2.05, 4.69) is 27.1 Å². The van der Waals surface area contributed by atoms with E-state index in [1.807, 2.05) is 24.4 Å². The predicted octanol–water partition coefficient (Wildman–Crippen LogP) is 3.59. The van der Waals surface area contributed by atoms with Crippen molar-refractivity contribution in [3.05, 3.63) is 36.5 Å². The maximum Gasteiger partial charge on any atom is 0.224 e. The van der Waals surface area contributed by atoms with Gasteiger partial charge in [-0.05, 0) is 44.4 Å². The van der Waals surface area contributed by atoms with Crippen molar-refractivity contribution in [3.63, 3.8) is 0 Å². The highest BCUT2D eigenvalue weighted by molar-refractivity contribution is 5.91. The van der Waals surface area contributed by atoms with E-state index in [0.717, 1.165) is 47.6 Å². The lowest BCUT2D eigenvalue weighted by atomic mass is 9.86. The minimum atomic E-state index is 0.368. The Balaban J connectivity index is 1.52. The Kier molecular flexibility index (Phi) is 4.28. The molecule has 0 saturated heterocycles. The molecule has 6 heteroatoms. The lowest BCUT2D eigenvalue weighted by molar-refractivity contribution is 0.288. The largest absolute Gasteiger partial charge is 0.351 e. The minimum absolute atomic E-state index is 0.368. The summed E-state index contributed by atoms with van der Waals surface area (Å²) in [5.41, 5.74) is 9.09. The molecule has 2 fully saturated rings. The molecule has 2 heterocycles. The molecule has 0 aliphatic heterocycles. The van der Waals surface area contributed by atoms with Crippen molar-refractivity contribution < 1.29 is 0 Å². The van der Waals surface area contributed by atoms with Crippen LogP contribution in [0, 0.1) is 5.92 Å². The quantitative estimate of drug-likeness (QED) is 0.725. The Hall–Kier alpha value is -2.47. The van der Waals surface area contributed by atoms with Crippen LogP contribution >= 0.6 is 0 Å². The van der Waals surface area contributed by atoms with Gasteiger partial charge in [-0.2, -0.15) is 10.1 Å². The maximum absolute atomic E-state index is 6.08. The fourth-order valence-corrected chi connectivity index (χ4v) is 3.99. The molecule has 27 heavy (non-hydrogen) atoms. The Morgan fingerprint density at radius 1 is 1.04 bits per heavy atom. The first-order chi connectivity index (χ1) is 13.3. The van der Waals surface area contributed by atoms with E-state index in [-0.39, 0.29) is 0 Å². The van der Waals surface area contributed by atoms with E-state index < -0.39 is 0 Å². The van der Waals surface area contributed by atoms with Crippen LogP contribution in [-0.4, -0.2) is 31.8 Å². The first-order valence-electron chi connectivity index (χ1n) is 10.1. The van der Waals surface area contributed by atoms with Gasteiger partial charge in [-0.15, -0.1) is 0 Å². The maximum atomic E-state index is 6.08. The predicted molar refractivity (Wildman–Crippen MR) is 107 cm³/mol. The third-order valence-electron chi connectivity index (χ3n) is 5.77. The van der Waals surface area contributed by atoms with Gasteiger partial charge < -0.3 is 11.1 Å². The lowest BCUT2D eigenvalue weighted by Crippen LogP contribution is -2.28. The second-order valence-corrected chi connectivity index (χ2v) is 8.03. The average molecular weight is 362 g/mol. The number of fused-ring (bicyclic) bond motifs is 1. The molecule has 1 aromatic carbocycles. The van der Waals surface area contributed by atoms with Crippen LogP contribution in [0.15, 0.2) is 36.5 Å². The summed E-state index contributed by atoms with van der Waals surface area (Å²) in [5.74, 6) is 1.34. The first-order valence-corrected chi connectivity index (χ1v) is 10.1. The van der Waals surface area contributed by atoms with E-state index in [4.69, 9.17) is 15.8 Å². The van der Waals surface area contributed by atoms with E-state index in [9.17, 15) is 0 Å². The second-order valence-electron chi connectivity index (χ2n) is 8.03. The summed E-state index contributed by atoms with van der Waals surface area (Å²) in [6, 6.07) is 11.2. The number of hydrogen-bond acceptors (Lipinski definition) is 5. The van der Waals surface area contributed by atoms with Crippen molar-refractivity contribution in [2.45, 2.75) is 57.2 Å². The van der Waals surface area contributed by atoms with Gasteiger partial charge in [0.25, 0.3) is 0 Å². The second kappa shape index (κ2) is 6.93. The van der Waals surface area contributed by atoms with Crippen molar-refractivity contribution in [1.29, 1.82) is 0 Å². The summed E-state index contributed by atoms with van der Waals surface area (Å²) in [6.07, 6.45) is 8.90. The van der Waals surface area contributed by atoms with E-state index >= 15 is 0 Å². The summed E-state index contributed by atoms with van der Waals surface area (Å²) < 4.78 is 2.10. The topological polar surface area (TPSA) is 81.7 Å². The first kappa shape index (κ1) is 16.7. The number of aromatic nitrogens is 4. The summed E-state index contributed by atoms with van der Waals surface area (Å²) in [5, 5.41) is 9.40. The molecule has 0 atom stereocenters. The highest BCUT2D eigenvalue weighted by atomic mass is 15.3. The van der Waals surface area contributed by atoms with Gasteiger partial charge in [0.2, 0.25) is 5.95 Å². The summed E-state index contributed by atoms with van der Waals surface area (Å²) >= 11 is 0.